The number of aryl methyl sites for hydroxylation is 1. The van der Waals surface area contributed by atoms with Crippen LogP contribution in [0.5, 0.6) is 0 Å². The maximum Gasteiger partial charge on any atom is 0.235 e. The fraction of sp³-hybridized carbons (Fsp3) is 0.0769. The van der Waals surface area contributed by atoms with E-state index in [4.69, 9.17) is 11.6 Å². The Labute approximate surface area is 104 Å². The molecule has 0 fully saturated rings. The van der Waals surface area contributed by atoms with E-state index < -0.39 is 0 Å². The summed E-state index contributed by atoms with van der Waals surface area (Å²) in [5.41, 5.74) is 3.21. The van der Waals surface area contributed by atoms with Gasteiger partial charge in [0, 0.05) is 18.0 Å². The topological polar surface area (TPSA) is 30.2 Å². The smallest absolute Gasteiger partial charge is 0.235 e. The summed E-state index contributed by atoms with van der Waals surface area (Å²) in [5, 5.41) is 0.457. The van der Waals surface area contributed by atoms with E-state index in [9.17, 15) is 0 Å². The molecule has 3 aromatic rings. The van der Waals surface area contributed by atoms with Crippen molar-refractivity contribution in [3.05, 3.63) is 53.4 Å². The number of imidazole rings is 1. The van der Waals surface area contributed by atoms with E-state index >= 15 is 0 Å². The molecule has 0 amide bonds. The third-order valence-electron chi connectivity index (χ3n) is 2.61. The Balaban J connectivity index is 2.18. The Morgan fingerprint density at radius 2 is 2.06 bits per heavy atom. The van der Waals surface area contributed by atoms with Gasteiger partial charge in [-0.05, 0) is 19.1 Å². The van der Waals surface area contributed by atoms with Crippen LogP contribution in [0.25, 0.3) is 17.0 Å². The van der Waals surface area contributed by atoms with Gasteiger partial charge in [0.25, 0.3) is 0 Å². The minimum absolute atomic E-state index is 0.457. The highest BCUT2D eigenvalue weighted by molar-refractivity contribution is 6.29. The maximum atomic E-state index is 5.83. The Bertz CT molecular complexity index is 688. The minimum atomic E-state index is 0.457. The van der Waals surface area contributed by atoms with Crippen LogP contribution in [-0.4, -0.2) is 14.4 Å². The van der Waals surface area contributed by atoms with E-state index in [0.717, 1.165) is 11.3 Å². The molecular formula is C13H10ClN3. The molecule has 0 N–H and O–H groups in total. The van der Waals surface area contributed by atoms with Crippen molar-refractivity contribution in [3.8, 4) is 11.3 Å². The lowest BCUT2D eigenvalue weighted by atomic mass is 10.1. The highest BCUT2D eigenvalue weighted by atomic mass is 35.5. The summed E-state index contributed by atoms with van der Waals surface area (Å²) in [6, 6.07) is 9.97. The molecule has 0 aliphatic heterocycles. The lowest BCUT2D eigenvalue weighted by Crippen LogP contribution is -1.85. The third-order valence-corrected chi connectivity index (χ3v) is 2.82. The second-order valence-corrected chi connectivity index (χ2v) is 4.34. The van der Waals surface area contributed by atoms with Crippen molar-refractivity contribution >= 4 is 17.4 Å². The molecular weight excluding hydrogens is 234 g/mol. The summed E-state index contributed by atoms with van der Waals surface area (Å²) in [4.78, 5) is 8.61. The molecule has 0 bridgehead atoms. The van der Waals surface area contributed by atoms with Gasteiger partial charge in [-0.3, -0.25) is 4.40 Å². The second kappa shape index (κ2) is 3.86. The number of hydrogen-bond acceptors (Lipinski definition) is 2. The number of halogens is 1. The van der Waals surface area contributed by atoms with Crippen LogP contribution in [0, 0.1) is 6.92 Å². The van der Waals surface area contributed by atoms with Crippen LogP contribution in [0.1, 0.15) is 5.56 Å². The van der Waals surface area contributed by atoms with Gasteiger partial charge < -0.3 is 0 Å². The fourth-order valence-corrected chi connectivity index (χ4v) is 1.93. The fourth-order valence-electron chi connectivity index (χ4n) is 1.79. The van der Waals surface area contributed by atoms with Crippen molar-refractivity contribution in [1.29, 1.82) is 0 Å². The lowest BCUT2D eigenvalue weighted by molar-refractivity contribution is 1.11. The van der Waals surface area contributed by atoms with Gasteiger partial charge in [0.1, 0.15) is 5.15 Å². The first-order valence-corrected chi connectivity index (χ1v) is 5.68. The van der Waals surface area contributed by atoms with Crippen LogP contribution < -0.4 is 0 Å². The first kappa shape index (κ1) is 10.3. The number of rotatable bonds is 1. The summed E-state index contributed by atoms with van der Waals surface area (Å²) < 4.78 is 1.86. The maximum absolute atomic E-state index is 5.83. The largest absolute Gasteiger partial charge is 0.290 e. The van der Waals surface area contributed by atoms with Crippen molar-refractivity contribution in [2.45, 2.75) is 6.92 Å². The summed E-state index contributed by atoms with van der Waals surface area (Å²) in [6.07, 6.45) is 3.81. The van der Waals surface area contributed by atoms with Crippen molar-refractivity contribution in [3.63, 3.8) is 0 Å². The summed E-state index contributed by atoms with van der Waals surface area (Å²) in [6.45, 7) is 2.06. The van der Waals surface area contributed by atoms with Crippen molar-refractivity contribution in [2.24, 2.45) is 0 Å². The SMILES string of the molecule is Cc1cccc(-c2cn3ccc(Cl)nc3n2)c1. The van der Waals surface area contributed by atoms with E-state index in [1.54, 1.807) is 6.07 Å². The average molecular weight is 244 g/mol. The Kier molecular flexibility index (Phi) is 2.34. The Morgan fingerprint density at radius 1 is 1.18 bits per heavy atom. The number of hydrogen-bond donors (Lipinski definition) is 0. The van der Waals surface area contributed by atoms with Crippen LogP contribution in [0.3, 0.4) is 0 Å². The monoisotopic (exact) mass is 243 g/mol. The van der Waals surface area contributed by atoms with E-state index in [-0.39, 0.29) is 0 Å². The van der Waals surface area contributed by atoms with Crippen LogP contribution in [0.2, 0.25) is 5.15 Å². The number of aromatic nitrogens is 3. The van der Waals surface area contributed by atoms with Crippen LogP contribution in [0.4, 0.5) is 0 Å². The quantitative estimate of drug-likeness (QED) is 0.614. The Hall–Kier alpha value is -1.87. The van der Waals surface area contributed by atoms with Crippen molar-refractivity contribution in [1.82, 2.24) is 14.4 Å². The van der Waals surface area contributed by atoms with Crippen LogP contribution in [-0.2, 0) is 0 Å². The number of nitrogens with zero attached hydrogens (tertiary/aromatic N) is 3. The molecule has 17 heavy (non-hydrogen) atoms. The average Bonchev–Trinajstić information content (AvgIpc) is 2.72. The van der Waals surface area contributed by atoms with Gasteiger partial charge in [-0.1, -0.05) is 35.4 Å². The molecule has 0 saturated heterocycles. The second-order valence-electron chi connectivity index (χ2n) is 3.95. The molecule has 0 radical (unpaired) electrons. The molecule has 0 spiro atoms. The van der Waals surface area contributed by atoms with Gasteiger partial charge in [-0.25, -0.2) is 9.97 Å². The lowest BCUT2D eigenvalue weighted by Gasteiger charge is -1.96. The first-order valence-electron chi connectivity index (χ1n) is 5.31. The van der Waals surface area contributed by atoms with Gasteiger partial charge in [0.2, 0.25) is 5.78 Å². The van der Waals surface area contributed by atoms with Crippen molar-refractivity contribution in [2.75, 3.05) is 0 Å². The zero-order chi connectivity index (χ0) is 11.8. The van der Waals surface area contributed by atoms with E-state index in [0.29, 0.717) is 10.9 Å². The molecule has 1 aromatic carbocycles. The molecule has 3 rings (SSSR count). The summed E-state index contributed by atoms with van der Waals surface area (Å²) >= 11 is 5.83. The molecule has 0 atom stereocenters. The molecule has 84 valence electrons. The minimum Gasteiger partial charge on any atom is -0.290 e. The predicted octanol–water partition coefficient (Wildman–Crippen LogP) is 3.36. The third kappa shape index (κ3) is 1.89. The molecule has 0 saturated carbocycles. The molecule has 2 heterocycles. The number of fused-ring (bicyclic) bond motifs is 1. The predicted molar refractivity (Wildman–Crippen MR) is 68.2 cm³/mol. The normalized spacial score (nSPS) is 10.9. The van der Waals surface area contributed by atoms with Gasteiger partial charge in [0.15, 0.2) is 0 Å². The first-order chi connectivity index (χ1) is 8.22. The van der Waals surface area contributed by atoms with Crippen LogP contribution in [0.15, 0.2) is 42.7 Å². The highest BCUT2D eigenvalue weighted by Gasteiger charge is 2.05. The molecule has 0 aliphatic rings. The van der Waals surface area contributed by atoms with E-state index in [1.165, 1.54) is 5.56 Å². The summed E-state index contributed by atoms with van der Waals surface area (Å²) in [5.74, 6) is 0.619. The zero-order valence-electron chi connectivity index (χ0n) is 9.26. The van der Waals surface area contributed by atoms with Gasteiger partial charge in [0.05, 0.1) is 5.69 Å². The summed E-state index contributed by atoms with van der Waals surface area (Å²) in [7, 11) is 0. The van der Waals surface area contributed by atoms with Crippen LogP contribution >= 0.6 is 11.6 Å². The van der Waals surface area contributed by atoms with E-state index in [1.807, 2.05) is 28.9 Å². The molecule has 2 aromatic heterocycles. The number of benzene rings is 1. The van der Waals surface area contributed by atoms with Gasteiger partial charge in [-0.2, -0.15) is 0 Å². The molecule has 0 aliphatic carbocycles. The van der Waals surface area contributed by atoms with Gasteiger partial charge >= 0.3 is 0 Å². The highest BCUT2D eigenvalue weighted by Crippen LogP contribution is 2.20. The van der Waals surface area contributed by atoms with Crippen molar-refractivity contribution < 1.29 is 0 Å². The van der Waals surface area contributed by atoms with E-state index in [2.05, 4.69) is 29.0 Å². The van der Waals surface area contributed by atoms with Gasteiger partial charge in [-0.15, -0.1) is 0 Å². The zero-order valence-corrected chi connectivity index (χ0v) is 10.0. The molecule has 0 unspecified atom stereocenters. The Morgan fingerprint density at radius 3 is 2.88 bits per heavy atom. The molecule has 4 heteroatoms. The standard InChI is InChI=1S/C13H10ClN3/c1-9-3-2-4-10(7-9)11-8-17-6-5-12(14)16-13(17)15-11/h2-8H,1H3. The molecule has 3 nitrogen and oxygen atoms in total.